The molecule has 2 amide bonds. The van der Waals surface area contributed by atoms with Gasteiger partial charge in [0, 0.05) is 36.8 Å². The zero-order chi connectivity index (χ0) is 56.7. The Morgan fingerprint density at radius 1 is 0.789 bits per heavy atom. The van der Waals surface area contributed by atoms with Crippen molar-refractivity contribution >= 4 is 64.0 Å². The number of carbonyl (C=O) groups is 4. The van der Waals surface area contributed by atoms with Crippen molar-refractivity contribution in [3.63, 3.8) is 0 Å². The molecule has 1 aromatic carbocycles. The molecule has 0 aliphatic carbocycles. The van der Waals surface area contributed by atoms with Crippen molar-refractivity contribution in [1.82, 2.24) is 30.2 Å². The fourth-order valence-corrected chi connectivity index (χ4v) is 11.2. The van der Waals surface area contributed by atoms with Gasteiger partial charge in [-0.1, -0.05) is 90.5 Å². The third-order valence-electron chi connectivity index (χ3n) is 13.2. The highest BCUT2D eigenvalue weighted by molar-refractivity contribution is 7.61. The minimum Gasteiger partial charge on any atom is -0.481 e. The average Bonchev–Trinajstić information content (AvgIpc) is 3.89. The molecular weight excluding hydrogens is 1060 g/mol. The number of unbranched alkanes of at least 4 members (excludes halogenated alkanes) is 6. The number of benzene rings is 1. The van der Waals surface area contributed by atoms with E-state index < -0.39 is 101 Å². The van der Waals surface area contributed by atoms with E-state index in [4.69, 9.17) is 19.5 Å². The lowest BCUT2D eigenvalue weighted by Crippen LogP contribution is -2.46. The van der Waals surface area contributed by atoms with Gasteiger partial charge in [-0.3, -0.25) is 37.3 Å². The number of hydrogen-bond acceptors (Lipinski definition) is 18. The quantitative estimate of drug-likeness (QED) is 0.0268. The smallest absolute Gasteiger partial charge is 0.481 e. The second-order valence-corrected chi connectivity index (χ2v) is 25.1. The Bertz CT molecular complexity index is 2580. The van der Waals surface area contributed by atoms with Crippen molar-refractivity contribution < 1.29 is 90.4 Å². The standard InChI is InChI=1S/C47H76N7O19P3/c1-45(2,23-15-9-7-11-17-31-19-13-14-20-32(31)18-12-8-10-16-24-46(3,4)44(60)61)34(55)21-25-49-35(56)22-26-50-42(59)39(58)47(5,6)28-70-76(67,68)73-75(65,66)69-27-33-38(72-74(62,63)64)37(57)43(71-33)54-30-53-36-40(48)51-29-52-41(36)54/h13-14,19-20,29-30,33,37-39,43,57-58H,7-12,15-18,21-28H2,1-6H3,(H,49,56)(H,50,59)(H,60,61)(H,65,66)(H,67,68)(H2,48,51,52)(H2,62,63,64). The van der Waals surface area contributed by atoms with E-state index in [-0.39, 0.29) is 48.7 Å². The predicted molar refractivity (Wildman–Crippen MR) is 274 cm³/mol. The predicted octanol–water partition coefficient (Wildman–Crippen LogP) is 5.19. The van der Waals surface area contributed by atoms with E-state index in [2.05, 4.69) is 58.7 Å². The highest BCUT2D eigenvalue weighted by Crippen LogP contribution is 2.61. The lowest BCUT2D eigenvalue weighted by molar-refractivity contribution is -0.147. The number of aromatic nitrogens is 4. The number of anilines is 1. The Morgan fingerprint density at radius 3 is 1.95 bits per heavy atom. The number of aliphatic hydroxyl groups is 2. The molecular formula is C47H76N7O19P3. The van der Waals surface area contributed by atoms with Crippen LogP contribution in [0.3, 0.4) is 0 Å². The van der Waals surface area contributed by atoms with Crippen molar-refractivity contribution in [2.24, 2.45) is 16.2 Å². The van der Waals surface area contributed by atoms with Crippen molar-refractivity contribution in [2.75, 3.05) is 32.0 Å². The maximum Gasteiger partial charge on any atom is 0.481 e. The summed E-state index contributed by atoms with van der Waals surface area (Å²) in [7, 11) is -16.5. The number of amides is 2. The molecule has 4 rings (SSSR count). The molecule has 1 fully saturated rings. The molecule has 428 valence electrons. The molecule has 0 radical (unpaired) electrons. The van der Waals surface area contributed by atoms with E-state index in [1.807, 2.05) is 13.8 Å². The summed E-state index contributed by atoms with van der Waals surface area (Å²) in [6.45, 7) is 7.65. The lowest BCUT2D eigenvalue weighted by Gasteiger charge is -2.30. The summed E-state index contributed by atoms with van der Waals surface area (Å²) in [5, 5.41) is 36.0. The van der Waals surface area contributed by atoms with Gasteiger partial charge in [-0.25, -0.2) is 28.6 Å². The monoisotopic (exact) mass is 1140 g/mol. The number of carboxylic acid groups (broad SMARTS) is 1. The largest absolute Gasteiger partial charge is 0.481 e. The summed E-state index contributed by atoms with van der Waals surface area (Å²) in [6.07, 6.45) is 4.39. The third kappa shape index (κ3) is 20.3. The minimum absolute atomic E-state index is 0.00150. The maximum absolute atomic E-state index is 13.1. The number of rotatable bonds is 35. The molecule has 11 N–H and O–H groups in total. The fourth-order valence-electron chi connectivity index (χ4n) is 8.36. The molecule has 29 heteroatoms. The van der Waals surface area contributed by atoms with Gasteiger partial charge in [0.1, 0.15) is 42.0 Å². The van der Waals surface area contributed by atoms with Crippen LogP contribution in [0.1, 0.15) is 136 Å². The zero-order valence-corrected chi connectivity index (χ0v) is 46.5. The molecule has 1 aliphatic heterocycles. The lowest BCUT2D eigenvalue weighted by atomic mass is 9.81. The van der Waals surface area contributed by atoms with E-state index in [1.165, 1.54) is 25.0 Å². The number of nitrogens with zero attached hydrogens (tertiary/aromatic N) is 4. The normalized spacial score (nSPS) is 19.5. The van der Waals surface area contributed by atoms with Gasteiger partial charge in [-0.15, -0.1) is 0 Å². The highest BCUT2D eigenvalue weighted by atomic mass is 31.3. The number of nitrogens with one attached hydrogen (secondary N) is 2. The van der Waals surface area contributed by atoms with Gasteiger partial charge in [-0.05, 0) is 63.5 Å². The Kier molecular flexibility index (Phi) is 23.9. The van der Waals surface area contributed by atoms with Gasteiger partial charge in [0.05, 0.1) is 25.0 Å². The summed E-state index contributed by atoms with van der Waals surface area (Å²) < 4.78 is 62.7. The average molecular weight is 1140 g/mol. The number of hydrogen-bond donors (Lipinski definition) is 10. The number of ether oxygens (including phenoxy) is 1. The van der Waals surface area contributed by atoms with Crippen LogP contribution >= 0.6 is 23.5 Å². The van der Waals surface area contributed by atoms with Crippen LogP contribution in [0.5, 0.6) is 0 Å². The van der Waals surface area contributed by atoms with Crippen LogP contribution in [-0.4, -0.2) is 129 Å². The zero-order valence-electron chi connectivity index (χ0n) is 43.8. The van der Waals surface area contributed by atoms with Crippen LogP contribution in [0.4, 0.5) is 5.82 Å². The van der Waals surface area contributed by atoms with Crippen LogP contribution in [0.2, 0.25) is 0 Å². The highest BCUT2D eigenvalue weighted by Gasteiger charge is 2.50. The number of imidazole rings is 1. The SMILES string of the molecule is CC(C)(CCCCCCc1ccccc1CCCCCCC(C)(C)C(=O)CCNC(=O)CCNC(=O)C(O)C(C)(C)COP(=O)(O)OP(=O)(O)OCC1OC(n2cnc3c(N)ncnc32)C(O)C1OP(=O)(O)O)C(=O)O. The van der Waals surface area contributed by atoms with E-state index in [1.54, 1.807) is 13.8 Å². The molecule has 3 aromatic rings. The number of phosphoric ester groups is 3. The molecule has 0 saturated carbocycles. The van der Waals surface area contributed by atoms with Crippen LogP contribution in [0, 0.1) is 16.2 Å². The minimum atomic E-state index is -5.60. The number of aliphatic hydroxyl groups excluding tert-OH is 2. The number of carboxylic acids is 1. The summed E-state index contributed by atoms with van der Waals surface area (Å²) in [4.78, 5) is 101. The van der Waals surface area contributed by atoms with Crippen molar-refractivity contribution in [3.05, 3.63) is 48.0 Å². The fraction of sp³-hybridized carbons (Fsp3) is 0.681. The number of aliphatic carboxylic acids is 1. The molecule has 76 heavy (non-hydrogen) atoms. The number of aryl methyl sites for hydroxylation is 2. The van der Waals surface area contributed by atoms with Crippen LogP contribution in [-0.2, 0) is 68.3 Å². The van der Waals surface area contributed by atoms with E-state index in [0.717, 1.165) is 81.4 Å². The van der Waals surface area contributed by atoms with Crippen molar-refractivity contribution in [3.8, 4) is 0 Å². The second-order valence-electron chi connectivity index (χ2n) is 20.9. The van der Waals surface area contributed by atoms with Gasteiger partial charge in [0.25, 0.3) is 0 Å². The number of nitrogen functional groups attached to an aromatic ring is 1. The summed E-state index contributed by atoms with van der Waals surface area (Å²) >= 11 is 0. The second kappa shape index (κ2) is 28.2. The number of Topliss-reactive ketones (excluding diaryl/α,β-unsaturated/α-hetero) is 1. The molecule has 26 nitrogen and oxygen atoms in total. The molecule has 7 atom stereocenters. The molecule has 1 saturated heterocycles. The van der Waals surface area contributed by atoms with E-state index in [9.17, 15) is 67.8 Å². The summed E-state index contributed by atoms with van der Waals surface area (Å²) in [6, 6.07) is 8.50. The van der Waals surface area contributed by atoms with Gasteiger partial charge < -0.3 is 56.0 Å². The molecule has 0 bridgehead atoms. The summed E-state index contributed by atoms with van der Waals surface area (Å²) in [5.74, 6) is -2.26. The first-order chi connectivity index (χ1) is 35.3. The van der Waals surface area contributed by atoms with Gasteiger partial charge >= 0.3 is 29.4 Å². The number of carbonyl (C=O) groups excluding carboxylic acids is 3. The summed E-state index contributed by atoms with van der Waals surface area (Å²) in [5.41, 5.74) is 5.69. The van der Waals surface area contributed by atoms with Crippen LogP contribution < -0.4 is 16.4 Å². The molecule has 7 unspecified atom stereocenters. The first kappa shape index (κ1) is 64.4. The Morgan fingerprint density at radius 2 is 1.36 bits per heavy atom. The van der Waals surface area contributed by atoms with Gasteiger partial charge in [0.2, 0.25) is 11.8 Å². The van der Waals surface area contributed by atoms with Crippen LogP contribution in [0.25, 0.3) is 11.2 Å². The molecule has 2 aromatic heterocycles. The Hall–Kier alpha value is -4.10. The molecule has 1 aliphatic rings. The van der Waals surface area contributed by atoms with Gasteiger partial charge in [-0.2, -0.15) is 4.31 Å². The third-order valence-corrected chi connectivity index (χ3v) is 16.3. The topological polar surface area (TPSA) is 401 Å². The maximum atomic E-state index is 13.1. The van der Waals surface area contributed by atoms with Crippen molar-refractivity contribution in [2.45, 2.75) is 162 Å². The Labute approximate surface area is 441 Å². The van der Waals surface area contributed by atoms with E-state index >= 15 is 0 Å². The van der Waals surface area contributed by atoms with E-state index in [0.29, 0.717) is 12.8 Å². The first-order valence-corrected chi connectivity index (χ1v) is 29.6. The number of fused-ring (bicyclic) bond motifs is 1. The first-order valence-electron chi connectivity index (χ1n) is 25.1. The van der Waals surface area contributed by atoms with Gasteiger partial charge in [0.15, 0.2) is 17.7 Å². The number of phosphoric acid groups is 3. The number of nitrogens with two attached hydrogens (primary N) is 1. The molecule has 3 heterocycles. The Balaban J connectivity index is 1.11. The van der Waals surface area contributed by atoms with Crippen LogP contribution in [0.15, 0.2) is 36.9 Å². The number of ketones is 1. The van der Waals surface area contributed by atoms with Crippen molar-refractivity contribution in [1.29, 1.82) is 0 Å². The molecule has 0 spiro atoms.